The third-order valence-electron chi connectivity index (χ3n) is 2.19. The molecule has 1 aromatic carbocycles. The summed E-state index contributed by atoms with van der Waals surface area (Å²) in [5.74, 6) is -0.189. The molecule has 78 valence electrons. The first-order valence-electron chi connectivity index (χ1n) is 4.96. The van der Waals surface area contributed by atoms with E-state index in [9.17, 15) is 4.79 Å². The minimum Gasteiger partial charge on any atom is -0.274 e. The molecular formula is C12H14N2O. The number of rotatable bonds is 4. The van der Waals surface area contributed by atoms with Gasteiger partial charge in [-0.05, 0) is 18.4 Å². The van der Waals surface area contributed by atoms with Crippen molar-refractivity contribution in [2.24, 2.45) is 0 Å². The molecule has 0 heterocycles. The Morgan fingerprint density at radius 3 is 2.60 bits per heavy atom. The number of amides is 1. The Kier molecular flexibility index (Phi) is 4.36. The average Bonchev–Trinajstić information content (AvgIpc) is 2.25. The molecule has 0 aliphatic carbocycles. The molecule has 0 aromatic heterocycles. The van der Waals surface area contributed by atoms with Gasteiger partial charge < -0.3 is 0 Å². The lowest BCUT2D eigenvalue weighted by Gasteiger charge is -2.10. The van der Waals surface area contributed by atoms with E-state index in [1.54, 1.807) is 0 Å². The maximum Gasteiger partial charge on any atom is 0.232 e. The van der Waals surface area contributed by atoms with E-state index in [1.165, 1.54) is 17.4 Å². The third-order valence-corrected chi connectivity index (χ3v) is 2.19. The molecule has 0 saturated carbocycles. The first-order chi connectivity index (χ1) is 7.24. The van der Waals surface area contributed by atoms with Crippen LogP contribution in [0.25, 0.3) is 0 Å². The van der Waals surface area contributed by atoms with E-state index in [1.807, 2.05) is 36.5 Å². The minimum absolute atomic E-state index is 0.189. The second-order valence-electron chi connectivity index (χ2n) is 3.36. The molecule has 1 aromatic rings. The van der Waals surface area contributed by atoms with Gasteiger partial charge in [0.25, 0.3) is 0 Å². The van der Waals surface area contributed by atoms with Crippen molar-refractivity contribution in [3.8, 4) is 6.19 Å². The predicted octanol–water partition coefficient (Wildman–Crippen LogP) is 1.95. The number of nitrogens with zero attached hydrogens (tertiary/aromatic N) is 2. The van der Waals surface area contributed by atoms with Crippen LogP contribution in [-0.2, 0) is 11.2 Å². The van der Waals surface area contributed by atoms with Gasteiger partial charge in [0.2, 0.25) is 5.91 Å². The molecule has 1 rings (SSSR count). The number of hydrogen-bond donors (Lipinski definition) is 0. The summed E-state index contributed by atoms with van der Waals surface area (Å²) in [7, 11) is 0. The summed E-state index contributed by atoms with van der Waals surface area (Å²) in [6.45, 7) is 1.91. The van der Waals surface area contributed by atoms with Gasteiger partial charge in [-0.15, -0.1) is 0 Å². The Balaban J connectivity index is 2.34. The summed E-state index contributed by atoms with van der Waals surface area (Å²) in [4.78, 5) is 12.1. The summed E-state index contributed by atoms with van der Waals surface area (Å²) in [6.07, 6.45) is 3.58. The predicted molar refractivity (Wildman–Crippen MR) is 57.8 cm³/mol. The van der Waals surface area contributed by atoms with E-state index in [0.717, 1.165) is 12.8 Å². The molecule has 3 heteroatoms. The second kappa shape index (κ2) is 5.82. The molecular weight excluding hydrogens is 188 g/mol. The van der Waals surface area contributed by atoms with Crippen LogP contribution < -0.4 is 0 Å². The monoisotopic (exact) mass is 202 g/mol. The molecule has 0 saturated heterocycles. The lowest BCUT2D eigenvalue weighted by atomic mass is 10.1. The van der Waals surface area contributed by atoms with Crippen LogP contribution in [0, 0.1) is 11.5 Å². The minimum atomic E-state index is -0.189. The molecule has 0 radical (unpaired) electrons. The van der Waals surface area contributed by atoms with Crippen LogP contribution in [0.1, 0.15) is 18.9 Å². The van der Waals surface area contributed by atoms with Gasteiger partial charge in [-0.1, -0.05) is 30.3 Å². The third kappa shape index (κ3) is 3.82. The Labute approximate surface area is 89.9 Å². The quantitative estimate of drug-likeness (QED) is 0.553. The van der Waals surface area contributed by atoms with Crippen LogP contribution in [0.2, 0.25) is 0 Å². The van der Waals surface area contributed by atoms with Crippen molar-refractivity contribution >= 4 is 5.91 Å². The second-order valence-corrected chi connectivity index (χ2v) is 3.36. The maximum absolute atomic E-state index is 10.9. The van der Waals surface area contributed by atoms with Gasteiger partial charge >= 0.3 is 0 Å². The van der Waals surface area contributed by atoms with Crippen molar-refractivity contribution < 1.29 is 4.79 Å². The van der Waals surface area contributed by atoms with E-state index < -0.39 is 0 Å². The van der Waals surface area contributed by atoms with Crippen LogP contribution >= 0.6 is 0 Å². The molecule has 0 aliphatic heterocycles. The summed E-state index contributed by atoms with van der Waals surface area (Å²) < 4.78 is 0. The molecule has 15 heavy (non-hydrogen) atoms. The van der Waals surface area contributed by atoms with Crippen molar-refractivity contribution in [1.82, 2.24) is 4.90 Å². The highest BCUT2D eigenvalue weighted by Gasteiger charge is 2.05. The van der Waals surface area contributed by atoms with Crippen LogP contribution in [0.5, 0.6) is 0 Å². The van der Waals surface area contributed by atoms with Crippen molar-refractivity contribution in [3.63, 3.8) is 0 Å². The molecule has 0 spiro atoms. The van der Waals surface area contributed by atoms with Crippen LogP contribution in [-0.4, -0.2) is 17.4 Å². The standard InChI is InChI=1S/C12H14N2O/c1-11(15)14(10-13)9-5-8-12-6-3-2-4-7-12/h2-4,6-7H,5,8-9H2,1H3. The smallest absolute Gasteiger partial charge is 0.232 e. The Bertz CT molecular complexity index is 354. The van der Waals surface area contributed by atoms with E-state index in [-0.39, 0.29) is 5.91 Å². The topological polar surface area (TPSA) is 44.1 Å². The van der Waals surface area contributed by atoms with Crippen molar-refractivity contribution in [2.45, 2.75) is 19.8 Å². The molecule has 3 nitrogen and oxygen atoms in total. The largest absolute Gasteiger partial charge is 0.274 e. The Morgan fingerprint density at radius 1 is 1.40 bits per heavy atom. The highest BCUT2D eigenvalue weighted by Crippen LogP contribution is 2.03. The molecule has 0 atom stereocenters. The highest BCUT2D eigenvalue weighted by atomic mass is 16.2. The van der Waals surface area contributed by atoms with Crippen LogP contribution in [0.4, 0.5) is 0 Å². The van der Waals surface area contributed by atoms with Gasteiger partial charge in [0.05, 0.1) is 0 Å². The van der Waals surface area contributed by atoms with Crippen LogP contribution in [0.15, 0.2) is 30.3 Å². The summed E-state index contributed by atoms with van der Waals surface area (Å²) in [5, 5.41) is 8.65. The first kappa shape index (κ1) is 11.3. The Hall–Kier alpha value is -1.82. The fourth-order valence-corrected chi connectivity index (χ4v) is 1.36. The van der Waals surface area contributed by atoms with E-state index >= 15 is 0 Å². The average molecular weight is 202 g/mol. The number of aryl methyl sites for hydroxylation is 1. The van der Waals surface area contributed by atoms with Gasteiger partial charge in [-0.2, -0.15) is 5.26 Å². The zero-order valence-electron chi connectivity index (χ0n) is 8.81. The normalized spacial score (nSPS) is 9.33. The number of nitriles is 1. The Morgan fingerprint density at radius 2 is 2.07 bits per heavy atom. The zero-order valence-corrected chi connectivity index (χ0v) is 8.81. The van der Waals surface area contributed by atoms with Crippen molar-refractivity contribution in [2.75, 3.05) is 6.54 Å². The maximum atomic E-state index is 10.9. The molecule has 1 amide bonds. The van der Waals surface area contributed by atoms with Gasteiger partial charge in [0, 0.05) is 13.5 Å². The number of carbonyl (C=O) groups is 1. The van der Waals surface area contributed by atoms with Gasteiger partial charge in [0.1, 0.15) is 0 Å². The molecule has 0 unspecified atom stereocenters. The fourth-order valence-electron chi connectivity index (χ4n) is 1.36. The lowest BCUT2D eigenvalue weighted by Crippen LogP contribution is -2.24. The number of benzene rings is 1. The fraction of sp³-hybridized carbons (Fsp3) is 0.333. The lowest BCUT2D eigenvalue weighted by molar-refractivity contribution is -0.125. The van der Waals surface area contributed by atoms with E-state index in [0.29, 0.717) is 6.54 Å². The summed E-state index contributed by atoms with van der Waals surface area (Å²) >= 11 is 0. The van der Waals surface area contributed by atoms with Gasteiger partial charge in [-0.25, -0.2) is 4.90 Å². The van der Waals surface area contributed by atoms with Gasteiger partial charge in [0.15, 0.2) is 6.19 Å². The van der Waals surface area contributed by atoms with Crippen molar-refractivity contribution in [1.29, 1.82) is 5.26 Å². The number of hydrogen-bond acceptors (Lipinski definition) is 2. The summed E-state index contributed by atoms with van der Waals surface area (Å²) in [6, 6.07) is 10.0. The zero-order chi connectivity index (χ0) is 11.1. The van der Waals surface area contributed by atoms with Crippen LogP contribution in [0.3, 0.4) is 0 Å². The first-order valence-corrected chi connectivity index (χ1v) is 4.96. The molecule has 0 bridgehead atoms. The van der Waals surface area contributed by atoms with E-state index in [4.69, 9.17) is 5.26 Å². The summed E-state index contributed by atoms with van der Waals surface area (Å²) in [5.41, 5.74) is 1.24. The van der Waals surface area contributed by atoms with Gasteiger partial charge in [-0.3, -0.25) is 4.79 Å². The van der Waals surface area contributed by atoms with E-state index in [2.05, 4.69) is 0 Å². The SMILES string of the molecule is CC(=O)N(C#N)CCCc1ccccc1. The molecule has 0 aliphatic rings. The highest BCUT2D eigenvalue weighted by molar-refractivity contribution is 5.74. The molecule has 0 N–H and O–H groups in total. The molecule has 0 fully saturated rings. The number of carbonyl (C=O) groups excluding carboxylic acids is 1. The van der Waals surface area contributed by atoms with Crippen molar-refractivity contribution in [3.05, 3.63) is 35.9 Å².